The number of amides is 1. The molecule has 0 aliphatic rings. The van der Waals surface area contributed by atoms with Crippen molar-refractivity contribution in [3.8, 4) is 6.07 Å². The summed E-state index contributed by atoms with van der Waals surface area (Å²) < 4.78 is 0. The fraction of sp³-hybridized carbons (Fsp3) is 0.0769. The van der Waals surface area contributed by atoms with Crippen molar-refractivity contribution in [3.63, 3.8) is 0 Å². The number of carbonyl (C=O) groups is 1. The van der Waals surface area contributed by atoms with E-state index >= 15 is 0 Å². The van der Waals surface area contributed by atoms with E-state index in [1.807, 2.05) is 30.3 Å². The zero-order valence-electron chi connectivity index (χ0n) is 10.2. The summed E-state index contributed by atoms with van der Waals surface area (Å²) in [7, 11) is 0. The van der Waals surface area contributed by atoms with Crippen molar-refractivity contribution in [2.24, 2.45) is 0 Å². The fourth-order valence-corrected chi connectivity index (χ4v) is 2.35. The minimum atomic E-state index is -0.994. The van der Waals surface area contributed by atoms with Crippen molar-refractivity contribution in [2.75, 3.05) is 5.32 Å². The first-order valence-corrected chi connectivity index (χ1v) is 6.70. The van der Waals surface area contributed by atoms with Crippen LogP contribution in [0.4, 0.5) is 5.13 Å². The molecular weight excluding hydrogens is 274 g/mol. The van der Waals surface area contributed by atoms with Crippen LogP contribution in [0.15, 0.2) is 35.8 Å². The third-order valence-corrected chi connectivity index (χ3v) is 3.42. The molecule has 1 aromatic carbocycles. The van der Waals surface area contributed by atoms with E-state index in [0.29, 0.717) is 11.0 Å². The van der Waals surface area contributed by atoms with Gasteiger partial charge in [-0.3, -0.25) is 4.79 Å². The van der Waals surface area contributed by atoms with E-state index in [2.05, 4.69) is 20.3 Å². The fourth-order valence-electron chi connectivity index (χ4n) is 1.82. The van der Waals surface area contributed by atoms with E-state index in [1.54, 1.807) is 11.6 Å². The molecule has 0 bridgehead atoms. The minimum Gasteiger partial charge on any atom is -0.340 e. The molecule has 0 fully saturated rings. The van der Waals surface area contributed by atoms with E-state index in [-0.39, 0.29) is 0 Å². The zero-order chi connectivity index (χ0) is 13.9. The van der Waals surface area contributed by atoms with Crippen LogP contribution in [0.5, 0.6) is 0 Å². The van der Waals surface area contributed by atoms with Gasteiger partial charge in [-0.25, -0.2) is 9.97 Å². The van der Waals surface area contributed by atoms with Crippen molar-refractivity contribution in [3.05, 3.63) is 41.7 Å². The first-order valence-electron chi connectivity index (χ1n) is 5.82. The molecule has 0 spiro atoms. The molecule has 3 rings (SSSR count). The van der Waals surface area contributed by atoms with E-state index < -0.39 is 11.8 Å². The lowest BCUT2D eigenvalue weighted by Gasteiger charge is -2.05. The number of imidazole rings is 1. The number of nitrogens with zero attached hydrogens (tertiary/aromatic N) is 3. The van der Waals surface area contributed by atoms with Crippen molar-refractivity contribution < 1.29 is 4.79 Å². The van der Waals surface area contributed by atoms with Gasteiger partial charge in [-0.2, -0.15) is 5.26 Å². The van der Waals surface area contributed by atoms with Crippen molar-refractivity contribution >= 4 is 33.4 Å². The molecular formula is C13H9N5OS. The van der Waals surface area contributed by atoms with Gasteiger partial charge < -0.3 is 10.3 Å². The van der Waals surface area contributed by atoms with Crippen LogP contribution in [-0.2, 0) is 4.79 Å². The molecule has 2 N–H and O–H groups in total. The second-order valence-corrected chi connectivity index (χ2v) is 4.92. The average molecular weight is 283 g/mol. The third kappa shape index (κ3) is 2.24. The maximum Gasteiger partial charge on any atom is 0.251 e. The molecule has 0 aliphatic heterocycles. The Bertz CT molecular complexity index is 754. The summed E-state index contributed by atoms with van der Waals surface area (Å²) in [6, 6.07) is 9.34. The maximum absolute atomic E-state index is 12.1. The van der Waals surface area contributed by atoms with Crippen molar-refractivity contribution in [1.82, 2.24) is 15.0 Å². The molecule has 20 heavy (non-hydrogen) atoms. The zero-order valence-corrected chi connectivity index (χ0v) is 11.0. The van der Waals surface area contributed by atoms with Gasteiger partial charge in [0.05, 0.1) is 17.1 Å². The van der Waals surface area contributed by atoms with Crippen LogP contribution in [0.2, 0.25) is 0 Å². The number of thiazole rings is 1. The number of carbonyl (C=O) groups excluding carboxylic acids is 1. The number of anilines is 1. The molecule has 7 heteroatoms. The maximum atomic E-state index is 12.1. The number of rotatable bonds is 3. The summed E-state index contributed by atoms with van der Waals surface area (Å²) in [6.07, 6.45) is 1.59. The van der Waals surface area contributed by atoms with Crippen LogP contribution in [0, 0.1) is 11.3 Å². The van der Waals surface area contributed by atoms with E-state index in [1.165, 1.54) is 11.3 Å². The molecule has 0 saturated heterocycles. The predicted octanol–water partition coefficient (Wildman–Crippen LogP) is 2.27. The van der Waals surface area contributed by atoms with Gasteiger partial charge in [0.2, 0.25) is 0 Å². The third-order valence-electron chi connectivity index (χ3n) is 2.73. The Morgan fingerprint density at radius 2 is 2.30 bits per heavy atom. The molecule has 2 aromatic heterocycles. The second kappa shape index (κ2) is 5.11. The standard InChI is InChI=1S/C13H9N5OS/c14-7-8(12(19)18-13-15-5-6-20-13)11-16-9-3-1-2-4-10(9)17-11/h1-6,8H,(H,16,17)(H,15,18,19)/t8-/m0/s1. The van der Waals surface area contributed by atoms with Crippen LogP contribution < -0.4 is 5.32 Å². The van der Waals surface area contributed by atoms with Crippen LogP contribution in [-0.4, -0.2) is 20.9 Å². The Kier molecular flexibility index (Phi) is 3.15. The number of hydrogen-bond donors (Lipinski definition) is 2. The highest BCUT2D eigenvalue weighted by Crippen LogP contribution is 2.19. The molecule has 0 unspecified atom stereocenters. The Morgan fingerprint density at radius 3 is 3.00 bits per heavy atom. The average Bonchev–Trinajstić information content (AvgIpc) is 3.08. The van der Waals surface area contributed by atoms with Gasteiger partial charge in [0.25, 0.3) is 5.91 Å². The minimum absolute atomic E-state index is 0.336. The molecule has 0 radical (unpaired) electrons. The van der Waals surface area contributed by atoms with Crippen LogP contribution in [0.3, 0.4) is 0 Å². The number of aromatic amines is 1. The van der Waals surface area contributed by atoms with Gasteiger partial charge in [0.1, 0.15) is 5.82 Å². The molecule has 0 saturated carbocycles. The highest BCUT2D eigenvalue weighted by atomic mass is 32.1. The highest BCUT2D eigenvalue weighted by molar-refractivity contribution is 7.13. The summed E-state index contributed by atoms with van der Waals surface area (Å²) in [4.78, 5) is 23.3. The van der Waals surface area contributed by atoms with Gasteiger partial charge in [-0.1, -0.05) is 12.1 Å². The first-order chi connectivity index (χ1) is 9.78. The van der Waals surface area contributed by atoms with Crippen molar-refractivity contribution in [2.45, 2.75) is 5.92 Å². The number of para-hydroxylation sites is 2. The van der Waals surface area contributed by atoms with Gasteiger partial charge in [0, 0.05) is 11.6 Å². The van der Waals surface area contributed by atoms with Crippen molar-refractivity contribution in [1.29, 1.82) is 5.26 Å². The lowest BCUT2D eigenvalue weighted by molar-refractivity contribution is -0.116. The Morgan fingerprint density at radius 1 is 1.45 bits per heavy atom. The van der Waals surface area contributed by atoms with E-state index in [4.69, 9.17) is 0 Å². The summed E-state index contributed by atoms with van der Waals surface area (Å²) >= 11 is 1.30. The normalized spacial score (nSPS) is 11.9. The van der Waals surface area contributed by atoms with Crippen LogP contribution in [0.25, 0.3) is 11.0 Å². The molecule has 1 amide bonds. The first kappa shape index (κ1) is 12.3. The van der Waals surface area contributed by atoms with Crippen LogP contribution in [0.1, 0.15) is 11.7 Å². The SMILES string of the molecule is N#C[C@H](C(=O)Nc1nccs1)c1nc2ccccc2[nH]1. The Labute approximate surface area is 118 Å². The van der Waals surface area contributed by atoms with E-state index in [9.17, 15) is 10.1 Å². The molecule has 0 aliphatic carbocycles. The monoisotopic (exact) mass is 283 g/mol. The van der Waals surface area contributed by atoms with Gasteiger partial charge in [0.15, 0.2) is 11.0 Å². The number of nitriles is 1. The van der Waals surface area contributed by atoms with Gasteiger partial charge in [-0.15, -0.1) is 11.3 Å². The number of benzene rings is 1. The smallest absolute Gasteiger partial charge is 0.251 e. The number of aromatic nitrogens is 3. The quantitative estimate of drug-likeness (QED) is 0.770. The lowest BCUT2D eigenvalue weighted by atomic mass is 10.1. The largest absolute Gasteiger partial charge is 0.340 e. The predicted molar refractivity (Wildman–Crippen MR) is 75.2 cm³/mol. The molecule has 1 atom stereocenters. The number of hydrogen-bond acceptors (Lipinski definition) is 5. The molecule has 2 heterocycles. The summed E-state index contributed by atoms with van der Waals surface area (Å²) in [6.45, 7) is 0. The number of H-pyrrole nitrogens is 1. The molecule has 3 aromatic rings. The summed E-state index contributed by atoms with van der Waals surface area (Å²) in [5.74, 6) is -1.10. The Balaban J connectivity index is 1.89. The second-order valence-electron chi connectivity index (χ2n) is 4.03. The van der Waals surface area contributed by atoms with Gasteiger partial charge in [-0.05, 0) is 12.1 Å². The lowest BCUT2D eigenvalue weighted by Crippen LogP contribution is -2.20. The van der Waals surface area contributed by atoms with E-state index in [0.717, 1.165) is 11.0 Å². The number of nitrogens with one attached hydrogen (secondary N) is 2. The molecule has 98 valence electrons. The summed E-state index contributed by atoms with van der Waals surface area (Å²) in [5.41, 5.74) is 1.52. The van der Waals surface area contributed by atoms with Gasteiger partial charge >= 0.3 is 0 Å². The topological polar surface area (TPSA) is 94.5 Å². The molecule has 6 nitrogen and oxygen atoms in total. The summed E-state index contributed by atoms with van der Waals surface area (Å²) in [5, 5.41) is 14.0. The highest BCUT2D eigenvalue weighted by Gasteiger charge is 2.24. The Hall–Kier alpha value is -2.72. The van der Waals surface area contributed by atoms with Crippen LogP contribution >= 0.6 is 11.3 Å². The number of fused-ring (bicyclic) bond motifs is 1.